The predicted molar refractivity (Wildman–Crippen MR) is 122 cm³/mol. The number of hydrogen-bond acceptors (Lipinski definition) is 5. The van der Waals surface area contributed by atoms with Crippen LogP contribution in [0, 0.1) is 11.8 Å². The van der Waals surface area contributed by atoms with Crippen LogP contribution in [0.2, 0.25) is 0 Å². The van der Waals surface area contributed by atoms with Crippen molar-refractivity contribution in [1.82, 2.24) is 14.8 Å². The standard InChI is InChI=1S/C24H32N4OS/c29-24(20-7-3-12-27(17-20)23-9-1-2-11-25-23)28-13-4-6-19-16-26(14-10-22(19)28)18-21-8-5-15-30-21/h1-2,5,8-9,11,15,19-20,22H,3-4,6-7,10,12-14,16-18H2/t19-,20?,22-/m1/s1. The van der Waals surface area contributed by atoms with Gasteiger partial charge >= 0.3 is 0 Å². The molecule has 3 fully saturated rings. The largest absolute Gasteiger partial charge is 0.356 e. The van der Waals surface area contributed by atoms with Crippen LogP contribution >= 0.6 is 11.3 Å². The van der Waals surface area contributed by atoms with Crippen LogP contribution in [0.25, 0.3) is 0 Å². The molecule has 0 N–H and O–H groups in total. The first-order valence-corrected chi connectivity index (χ1v) is 12.4. The number of likely N-dealkylation sites (tertiary alicyclic amines) is 2. The Hall–Kier alpha value is -1.92. The van der Waals surface area contributed by atoms with Crippen molar-refractivity contribution >= 4 is 23.1 Å². The van der Waals surface area contributed by atoms with Gasteiger partial charge in [-0.3, -0.25) is 9.69 Å². The maximum absolute atomic E-state index is 13.6. The molecule has 1 amide bonds. The lowest BCUT2D eigenvalue weighted by Crippen LogP contribution is -2.57. The van der Waals surface area contributed by atoms with Crippen LogP contribution in [0.3, 0.4) is 0 Å². The summed E-state index contributed by atoms with van der Waals surface area (Å²) in [4.78, 5) is 26.7. The molecule has 1 unspecified atom stereocenters. The molecule has 6 heteroatoms. The number of rotatable bonds is 4. The SMILES string of the molecule is O=C(C1CCCN(c2ccccn2)C1)N1CCC[C@@H]2CN(Cc3cccs3)CC[C@H]21. The molecule has 0 radical (unpaired) electrons. The monoisotopic (exact) mass is 424 g/mol. The predicted octanol–water partition coefficient (Wildman–Crippen LogP) is 3.87. The molecule has 5 nitrogen and oxygen atoms in total. The third-order valence-electron chi connectivity index (χ3n) is 7.14. The smallest absolute Gasteiger partial charge is 0.227 e. The van der Waals surface area contributed by atoms with E-state index in [0.29, 0.717) is 17.9 Å². The maximum atomic E-state index is 13.6. The van der Waals surface area contributed by atoms with Gasteiger partial charge in [0.1, 0.15) is 5.82 Å². The van der Waals surface area contributed by atoms with Crippen molar-refractivity contribution in [2.45, 2.75) is 44.7 Å². The van der Waals surface area contributed by atoms with Gasteiger partial charge in [-0.2, -0.15) is 0 Å². The number of pyridine rings is 1. The Morgan fingerprint density at radius 1 is 1.03 bits per heavy atom. The van der Waals surface area contributed by atoms with Crippen molar-refractivity contribution in [2.24, 2.45) is 11.8 Å². The minimum Gasteiger partial charge on any atom is -0.356 e. The molecule has 3 atom stereocenters. The molecule has 0 bridgehead atoms. The number of amides is 1. The first-order chi connectivity index (χ1) is 14.8. The normalized spacial score (nSPS) is 27.7. The highest BCUT2D eigenvalue weighted by molar-refractivity contribution is 7.09. The molecule has 2 aromatic rings. The van der Waals surface area contributed by atoms with E-state index in [1.165, 1.54) is 11.3 Å². The van der Waals surface area contributed by atoms with E-state index in [-0.39, 0.29) is 5.92 Å². The number of hydrogen-bond donors (Lipinski definition) is 0. The molecule has 3 aliphatic heterocycles. The van der Waals surface area contributed by atoms with Crippen LogP contribution in [-0.2, 0) is 11.3 Å². The fourth-order valence-corrected chi connectivity index (χ4v) is 6.43. The average molecular weight is 425 g/mol. The fraction of sp³-hybridized carbons (Fsp3) is 0.583. The van der Waals surface area contributed by atoms with Crippen LogP contribution in [0.1, 0.15) is 37.0 Å². The van der Waals surface area contributed by atoms with Gasteiger partial charge in [-0.15, -0.1) is 11.3 Å². The molecule has 0 saturated carbocycles. The van der Waals surface area contributed by atoms with E-state index >= 15 is 0 Å². The van der Waals surface area contributed by atoms with E-state index in [4.69, 9.17) is 0 Å². The highest BCUT2D eigenvalue weighted by Crippen LogP contribution is 2.34. The number of nitrogens with zero attached hydrogens (tertiary/aromatic N) is 4. The summed E-state index contributed by atoms with van der Waals surface area (Å²) < 4.78 is 0. The van der Waals surface area contributed by atoms with Crippen molar-refractivity contribution in [2.75, 3.05) is 37.6 Å². The fourth-order valence-electron chi connectivity index (χ4n) is 5.68. The van der Waals surface area contributed by atoms with Crippen molar-refractivity contribution in [3.8, 4) is 0 Å². The molecule has 0 spiro atoms. The van der Waals surface area contributed by atoms with Crippen LogP contribution in [-0.4, -0.2) is 59.5 Å². The van der Waals surface area contributed by atoms with Gasteiger partial charge in [-0.1, -0.05) is 12.1 Å². The number of carbonyl (C=O) groups is 1. The zero-order valence-electron chi connectivity index (χ0n) is 17.7. The van der Waals surface area contributed by atoms with Crippen LogP contribution < -0.4 is 4.90 Å². The summed E-state index contributed by atoms with van der Waals surface area (Å²) >= 11 is 1.85. The lowest BCUT2D eigenvalue weighted by atomic mass is 9.82. The van der Waals surface area contributed by atoms with Gasteiger partial charge in [0.15, 0.2) is 0 Å². The molecule has 3 saturated heterocycles. The van der Waals surface area contributed by atoms with Crippen molar-refractivity contribution in [3.05, 3.63) is 46.8 Å². The van der Waals surface area contributed by atoms with Crippen LogP contribution in [0.15, 0.2) is 41.9 Å². The third kappa shape index (κ3) is 4.26. The van der Waals surface area contributed by atoms with E-state index in [9.17, 15) is 4.79 Å². The Morgan fingerprint density at radius 3 is 2.80 bits per heavy atom. The van der Waals surface area contributed by atoms with E-state index in [0.717, 1.165) is 70.8 Å². The molecule has 30 heavy (non-hydrogen) atoms. The zero-order valence-corrected chi connectivity index (χ0v) is 18.5. The Balaban J connectivity index is 1.22. The van der Waals surface area contributed by atoms with E-state index in [1.807, 2.05) is 29.7 Å². The quantitative estimate of drug-likeness (QED) is 0.747. The van der Waals surface area contributed by atoms with Gasteiger partial charge in [0.05, 0.1) is 5.92 Å². The summed E-state index contributed by atoms with van der Waals surface area (Å²) in [6, 6.07) is 10.9. The molecular weight excluding hydrogens is 392 g/mol. The minimum absolute atomic E-state index is 0.114. The first kappa shape index (κ1) is 20.0. The molecular formula is C24H32N4OS. The summed E-state index contributed by atoms with van der Waals surface area (Å²) in [5.74, 6) is 2.15. The average Bonchev–Trinajstić information content (AvgIpc) is 3.32. The second-order valence-corrected chi connectivity index (χ2v) is 10.1. The number of anilines is 1. The van der Waals surface area contributed by atoms with Crippen LogP contribution in [0.4, 0.5) is 5.82 Å². The number of piperidine rings is 3. The molecule has 0 aromatic carbocycles. The lowest BCUT2D eigenvalue weighted by molar-refractivity contribution is -0.143. The molecule has 160 valence electrons. The topological polar surface area (TPSA) is 39.7 Å². The Bertz CT molecular complexity index is 827. The summed E-state index contributed by atoms with van der Waals surface area (Å²) in [6.45, 7) is 6.07. The van der Waals surface area contributed by atoms with Crippen molar-refractivity contribution in [3.63, 3.8) is 0 Å². The number of aromatic nitrogens is 1. The maximum Gasteiger partial charge on any atom is 0.227 e. The number of fused-ring (bicyclic) bond motifs is 1. The van der Waals surface area contributed by atoms with Crippen molar-refractivity contribution < 1.29 is 4.79 Å². The van der Waals surface area contributed by atoms with E-state index < -0.39 is 0 Å². The van der Waals surface area contributed by atoms with Gasteiger partial charge in [-0.05, 0) is 61.6 Å². The Kier molecular flexibility index (Phi) is 6.05. The van der Waals surface area contributed by atoms with Gasteiger partial charge in [0.2, 0.25) is 5.91 Å². The van der Waals surface area contributed by atoms with Crippen molar-refractivity contribution in [1.29, 1.82) is 0 Å². The summed E-state index contributed by atoms with van der Waals surface area (Å²) in [5, 5.41) is 2.17. The van der Waals surface area contributed by atoms with E-state index in [2.05, 4.69) is 43.3 Å². The highest BCUT2D eigenvalue weighted by Gasteiger charge is 2.40. The Morgan fingerprint density at radius 2 is 1.97 bits per heavy atom. The summed E-state index contributed by atoms with van der Waals surface area (Å²) in [5.41, 5.74) is 0. The van der Waals surface area contributed by atoms with Gasteiger partial charge < -0.3 is 9.80 Å². The number of carbonyl (C=O) groups excluding carboxylic acids is 1. The minimum atomic E-state index is 0.114. The third-order valence-corrected chi connectivity index (χ3v) is 8.00. The highest BCUT2D eigenvalue weighted by atomic mass is 32.1. The van der Waals surface area contributed by atoms with Gasteiger partial charge in [0.25, 0.3) is 0 Å². The molecule has 5 heterocycles. The molecule has 2 aromatic heterocycles. The zero-order chi connectivity index (χ0) is 20.3. The molecule has 3 aliphatic rings. The van der Waals surface area contributed by atoms with E-state index in [1.54, 1.807) is 0 Å². The first-order valence-electron chi connectivity index (χ1n) is 11.5. The summed E-state index contributed by atoms with van der Waals surface area (Å²) in [7, 11) is 0. The molecule has 5 rings (SSSR count). The summed E-state index contributed by atoms with van der Waals surface area (Å²) in [6.07, 6.45) is 7.47. The Labute approximate surface area is 183 Å². The molecule has 0 aliphatic carbocycles. The number of thiophene rings is 1. The lowest BCUT2D eigenvalue weighted by Gasteiger charge is -2.48. The van der Waals surface area contributed by atoms with Gasteiger partial charge in [0, 0.05) is 56.4 Å². The van der Waals surface area contributed by atoms with Gasteiger partial charge in [-0.25, -0.2) is 4.98 Å². The van der Waals surface area contributed by atoms with Crippen LogP contribution in [0.5, 0.6) is 0 Å². The second kappa shape index (κ2) is 9.06. The second-order valence-electron chi connectivity index (χ2n) is 9.08.